The van der Waals surface area contributed by atoms with Crippen molar-refractivity contribution < 1.29 is 13.2 Å². The van der Waals surface area contributed by atoms with E-state index in [1.807, 2.05) is 0 Å². The van der Waals surface area contributed by atoms with Crippen LogP contribution in [-0.2, 0) is 5.67 Å². The van der Waals surface area contributed by atoms with E-state index in [-0.39, 0.29) is 29.5 Å². The zero-order chi connectivity index (χ0) is 12.6. The van der Waals surface area contributed by atoms with E-state index in [0.717, 1.165) is 6.07 Å². The van der Waals surface area contributed by atoms with Crippen molar-refractivity contribution in [2.75, 3.05) is 0 Å². The SMILES string of the molecule is NC1CCC(F)(c2c(Cl)ccc(F)c2F)CC1. The molecule has 0 saturated heterocycles. The maximum atomic E-state index is 14.6. The number of hydrogen-bond donors (Lipinski definition) is 1. The second-order valence-corrected chi connectivity index (χ2v) is 4.93. The van der Waals surface area contributed by atoms with E-state index in [4.69, 9.17) is 17.3 Å². The molecule has 5 heteroatoms. The van der Waals surface area contributed by atoms with Gasteiger partial charge in [0.15, 0.2) is 11.6 Å². The third-order valence-electron chi connectivity index (χ3n) is 3.31. The highest BCUT2D eigenvalue weighted by Gasteiger charge is 2.40. The summed E-state index contributed by atoms with van der Waals surface area (Å²) in [7, 11) is 0. The van der Waals surface area contributed by atoms with Gasteiger partial charge in [0.05, 0.1) is 5.02 Å². The Morgan fingerprint density at radius 2 is 1.82 bits per heavy atom. The Morgan fingerprint density at radius 3 is 2.41 bits per heavy atom. The summed E-state index contributed by atoms with van der Waals surface area (Å²) in [6.07, 6.45) is 1.05. The lowest BCUT2D eigenvalue weighted by molar-refractivity contribution is 0.0927. The summed E-state index contributed by atoms with van der Waals surface area (Å²) >= 11 is 5.78. The van der Waals surface area contributed by atoms with Crippen LogP contribution >= 0.6 is 11.6 Å². The molecule has 0 radical (unpaired) electrons. The van der Waals surface area contributed by atoms with Gasteiger partial charge in [-0.05, 0) is 37.8 Å². The van der Waals surface area contributed by atoms with Gasteiger partial charge in [0.25, 0.3) is 0 Å². The van der Waals surface area contributed by atoms with Gasteiger partial charge in [-0.3, -0.25) is 0 Å². The summed E-state index contributed by atoms with van der Waals surface area (Å²) in [5.74, 6) is -2.26. The van der Waals surface area contributed by atoms with Crippen molar-refractivity contribution in [1.82, 2.24) is 0 Å². The second kappa shape index (κ2) is 4.50. The van der Waals surface area contributed by atoms with Gasteiger partial charge in [0.2, 0.25) is 0 Å². The quantitative estimate of drug-likeness (QED) is 0.769. The number of halogens is 4. The van der Waals surface area contributed by atoms with Gasteiger partial charge < -0.3 is 5.73 Å². The van der Waals surface area contributed by atoms with Crippen LogP contribution in [0.1, 0.15) is 31.2 Å². The molecule has 94 valence electrons. The van der Waals surface area contributed by atoms with E-state index in [9.17, 15) is 13.2 Å². The molecule has 1 nitrogen and oxygen atoms in total. The van der Waals surface area contributed by atoms with Crippen molar-refractivity contribution in [3.05, 3.63) is 34.4 Å². The number of rotatable bonds is 1. The monoisotopic (exact) mass is 263 g/mol. The molecule has 1 aromatic rings. The van der Waals surface area contributed by atoms with E-state index in [2.05, 4.69) is 0 Å². The first kappa shape index (κ1) is 12.7. The molecule has 17 heavy (non-hydrogen) atoms. The standard InChI is InChI=1S/C12H13ClF3N/c13-8-1-2-9(14)11(15)10(8)12(16)5-3-7(17)4-6-12/h1-2,7H,3-6,17H2. The van der Waals surface area contributed by atoms with Crippen LogP contribution in [0.3, 0.4) is 0 Å². The smallest absolute Gasteiger partial charge is 0.166 e. The number of hydrogen-bond acceptors (Lipinski definition) is 1. The van der Waals surface area contributed by atoms with E-state index in [1.165, 1.54) is 6.07 Å². The fraction of sp³-hybridized carbons (Fsp3) is 0.500. The van der Waals surface area contributed by atoms with Gasteiger partial charge in [-0.2, -0.15) is 0 Å². The zero-order valence-corrected chi connectivity index (χ0v) is 9.91. The Bertz CT molecular complexity index is 428. The Labute approximate surface area is 103 Å². The average Bonchev–Trinajstić information content (AvgIpc) is 2.29. The molecule has 1 aliphatic carbocycles. The highest BCUT2D eigenvalue weighted by molar-refractivity contribution is 6.31. The summed E-state index contributed by atoms with van der Waals surface area (Å²) in [5.41, 5.74) is 3.41. The summed E-state index contributed by atoms with van der Waals surface area (Å²) in [6, 6.07) is 2.01. The summed E-state index contributed by atoms with van der Waals surface area (Å²) < 4.78 is 41.4. The maximum Gasteiger partial charge on any atom is 0.166 e. The van der Waals surface area contributed by atoms with Gasteiger partial charge in [-0.15, -0.1) is 0 Å². The van der Waals surface area contributed by atoms with Crippen LogP contribution in [0.4, 0.5) is 13.2 Å². The van der Waals surface area contributed by atoms with Crippen molar-refractivity contribution >= 4 is 11.6 Å². The van der Waals surface area contributed by atoms with Crippen molar-refractivity contribution in [2.24, 2.45) is 5.73 Å². The molecule has 0 bridgehead atoms. The molecule has 1 saturated carbocycles. The van der Waals surface area contributed by atoms with Crippen LogP contribution in [0.5, 0.6) is 0 Å². The summed E-state index contributed by atoms with van der Waals surface area (Å²) in [5, 5.41) is -0.0677. The fourth-order valence-electron chi connectivity index (χ4n) is 2.29. The first-order valence-electron chi connectivity index (χ1n) is 5.52. The lowest BCUT2D eigenvalue weighted by Crippen LogP contribution is -2.35. The highest BCUT2D eigenvalue weighted by Crippen LogP contribution is 2.44. The normalized spacial score (nSPS) is 29.4. The van der Waals surface area contributed by atoms with Crippen LogP contribution < -0.4 is 5.73 Å². The summed E-state index contributed by atoms with van der Waals surface area (Å²) in [6.45, 7) is 0. The molecule has 0 unspecified atom stereocenters. The molecule has 0 heterocycles. The zero-order valence-electron chi connectivity index (χ0n) is 9.15. The minimum atomic E-state index is -1.90. The lowest BCUT2D eigenvalue weighted by atomic mass is 9.79. The maximum absolute atomic E-state index is 14.6. The molecule has 0 atom stereocenters. The minimum Gasteiger partial charge on any atom is -0.328 e. The number of nitrogens with two attached hydrogens (primary N) is 1. The van der Waals surface area contributed by atoms with E-state index >= 15 is 0 Å². The van der Waals surface area contributed by atoms with Crippen molar-refractivity contribution in [2.45, 2.75) is 37.4 Å². The molecule has 1 aromatic carbocycles. The van der Waals surface area contributed by atoms with Gasteiger partial charge in [0, 0.05) is 11.6 Å². The molecule has 0 spiro atoms. The van der Waals surface area contributed by atoms with Crippen molar-refractivity contribution in [3.8, 4) is 0 Å². The third kappa shape index (κ3) is 2.29. The molecule has 0 aliphatic heterocycles. The number of benzene rings is 1. The van der Waals surface area contributed by atoms with Crippen LogP contribution in [0, 0.1) is 11.6 Å². The molecule has 2 rings (SSSR count). The second-order valence-electron chi connectivity index (χ2n) is 4.52. The Morgan fingerprint density at radius 1 is 1.24 bits per heavy atom. The predicted molar refractivity (Wildman–Crippen MR) is 60.6 cm³/mol. The van der Waals surface area contributed by atoms with Crippen molar-refractivity contribution in [3.63, 3.8) is 0 Å². The molecular weight excluding hydrogens is 251 g/mol. The van der Waals surface area contributed by atoms with Crippen LogP contribution in [0.2, 0.25) is 5.02 Å². The van der Waals surface area contributed by atoms with Crippen LogP contribution in [0.25, 0.3) is 0 Å². The van der Waals surface area contributed by atoms with Gasteiger partial charge in [-0.1, -0.05) is 11.6 Å². The lowest BCUT2D eigenvalue weighted by Gasteiger charge is -2.33. The highest BCUT2D eigenvalue weighted by atomic mass is 35.5. The van der Waals surface area contributed by atoms with E-state index < -0.39 is 17.3 Å². The van der Waals surface area contributed by atoms with Crippen molar-refractivity contribution in [1.29, 1.82) is 0 Å². The molecule has 0 aromatic heterocycles. The van der Waals surface area contributed by atoms with Crippen LogP contribution in [-0.4, -0.2) is 6.04 Å². The Kier molecular flexibility index (Phi) is 3.36. The molecule has 2 N–H and O–H groups in total. The first-order chi connectivity index (χ1) is 7.94. The van der Waals surface area contributed by atoms with Gasteiger partial charge in [-0.25, -0.2) is 13.2 Å². The summed E-state index contributed by atoms with van der Waals surface area (Å²) in [4.78, 5) is 0. The van der Waals surface area contributed by atoms with E-state index in [1.54, 1.807) is 0 Å². The number of alkyl halides is 1. The van der Waals surface area contributed by atoms with Crippen LogP contribution in [0.15, 0.2) is 12.1 Å². The van der Waals surface area contributed by atoms with E-state index in [0.29, 0.717) is 12.8 Å². The largest absolute Gasteiger partial charge is 0.328 e. The topological polar surface area (TPSA) is 26.0 Å². The van der Waals surface area contributed by atoms with Gasteiger partial charge in [0.1, 0.15) is 5.67 Å². The average molecular weight is 264 g/mol. The molecule has 1 fully saturated rings. The molecule has 1 aliphatic rings. The minimum absolute atomic E-state index is 0.0677. The first-order valence-corrected chi connectivity index (χ1v) is 5.90. The Balaban J connectivity index is 2.43. The third-order valence-corrected chi connectivity index (χ3v) is 3.63. The van der Waals surface area contributed by atoms with Gasteiger partial charge >= 0.3 is 0 Å². The molecule has 0 amide bonds. The predicted octanol–water partition coefficient (Wildman–Crippen LogP) is 3.68. The fourth-order valence-corrected chi connectivity index (χ4v) is 2.60. The molecular formula is C12H13ClF3N. The Hall–Kier alpha value is -0.740.